The Bertz CT molecular complexity index is 431. The fourth-order valence-electron chi connectivity index (χ4n) is 2.91. The molecule has 0 aliphatic heterocycles. The number of nitrogens with zero attached hydrogens (tertiary/aromatic N) is 2. The van der Waals surface area contributed by atoms with E-state index in [0.29, 0.717) is 17.9 Å². The summed E-state index contributed by atoms with van der Waals surface area (Å²) in [5.74, 6) is 1.51. The molecule has 1 heterocycles. The average Bonchev–Trinajstić information content (AvgIpc) is 3.04. The zero-order valence-electron chi connectivity index (χ0n) is 12.2. The lowest BCUT2D eigenvalue weighted by molar-refractivity contribution is 0.0958. The maximum atomic E-state index is 12.4. The number of ether oxygens (including phenoxy) is 1. The number of Topliss-reactive ketones (excluding diaryl/α,β-unsaturated/α-hetero) is 1. The van der Waals surface area contributed by atoms with E-state index in [1.54, 1.807) is 18.0 Å². The highest BCUT2D eigenvalue weighted by atomic mass is 16.5. The molecule has 4 nitrogen and oxygen atoms in total. The van der Waals surface area contributed by atoms with Gasteiger partial charge in [0.05, 0.1) is 13.3 Å². The minimum absolute atomic E-state index is 0.162. The summed E-state index contributed by atoms with van der Waals surface area (Å²) in [4.78, 5) is 12.4. The number of hydrogen-bond acceptors (Lipinski definition) is 3. The summed E-state index contributed by atoms with van der Waals surface area (Å²) in [6.45, 7) is 4.06. The van der Waals surface area contributed by atoms with Crippen LogP contribution in [0.15, 0.2) is 6.20 Å². The van der Waals surface area contributed by atoms with Crippen LogP contribution < -0.4 is 4.74 Å². The highest BCUT2D eigenvalue weighted by Gasteiger charge is 2.23. The Hall–Kier alpha value is -1.32. The lowest BCUT2D eigenvalue weighted by Gasteiger charge is -2.12. The molecule has 0 aromatic carbocycles. The molecule has 1 aromatic rings. The van der Waals surface area contributed by atoms with Crippen molar-refractivity contribution < 1.29 is 9.53 Å². The van der Waals surface area contributed by atoms with E-state index in [1.807, 2.05) is 13.8 Å². The Kier molecular flexibility index (Phi) is 4.61. The van der Waals surface area contributed by atoms with Crippen molar-refractivity contribution in [3.05, 3.63) is 11.9 Å². The normalized spacial score (nSPS) is 16.2. The molecule has 0 spiro atoms. The number of aromatic nitrogens is 2. The first-order chi connectivity index (χ1) is 9.13. The SMILES string of the molecule is COc1cnn(C(C)C)c1C(=O)CCC1CCCC1. The van der Waals surface area contributed by atoms with E-state index < -0.39 is 0 Å². The average molecular weight is 264 g/mol. The van der Waals surface area contributed by atoms with Gasteiger partial charge in [0, 0.05) is 12.5 Å². The lowest BCUT2D eigenvalue weighted by atomic mass is 9.99. The van der Waals surface area contributed by atoms with Crippen molar-refractivity contribution in [2.24, 2.45) is 5.92 Å². The summed E-state index contributed by atoms with van der Waals surface area (Å²) in [6, 6.07) is 0.175. The lowest BCUT2D eigenvalue weighted by Crippen LogP contribution is -2.14. The number of rotatable bonds is 6. The summed E-state index contributed by atoms with van der Waals surface area (Å²) in [6.07, 6.45) is 8.48. The number of carbonyl (C=O) groups excluding carboxylic acids is 1. The van der Waals surface area contributed by atoms with Crippen molar-refractivity contribution in [1.29, 1.82) is 0 Å². The van der Waals surface area contributed by atoms with Gasteiger partial charge in [-0.1, -0.05) is 25.7 Å². The second-order valence-corrected chi connectivity index (χ2v) is 5.71. The molecule has 1 aliphatic carbocycles. The minimum atomic E-state index is 0.162. The molecular formula is C15H24N2O2. The van der Waals surface area contributed by atoms with E-state index >= 15 is 0 Å². The first kappa shape index (κ1) is 14.1. The van der Waals surface area contributed by atoms with Gasteiger partial charge in [0.1, 0.15) is 5.69 Å². The van der Waals surface area contributed by atoms with Gasteiger partial charge in [-0.2, -0.15) is 5.10 Å². The van der Waals surface area contributed by atoms with E-state index in [-0.39, 0.29) is 11.8 Å². The van der Waals surface area contributed by atoms with Crippen molar-refractivity contribution in [2.75, 3.05) is 7.11 Å². The number of hydrogen-bond donors (Lipinski definition) is 0. The summed E-state index contributed by atoms with van der Waals surface area (Å²) in [7, 11) is 1.59. The van der Waals surface area contributed by atoms with Gasteiger partial charge in [-0.3, -0.25) is 9.48 Å². The van der Waals surface area contributed by atoms with Gasteiger partial charge in [-0.05, 0) is 26.2 Å². The standard InChI is InChI=1S/C15H24N2O2/c1-11(2)17-15(14(19-3)10-16-17)13(18)9-8-12-6-4-5-7-12/h10-12H,4-9H2,1-3H3. The predicted octanol–water partition coefficient (Wildman–Crippen LogP) is 3.63. The van der Waals surface area contributed by atoms with Crippen LogP contribution in [0.3, 0.4) is 0 Å². The monoisotopic (exact) mass is 264 g/mol. The second kappa shape index (κ2) is 6.22. The van der Waals surface area contributed by atoms with Crippen LogP contribution in [0.25, 0.3) is 0 Å². The van der Waals surface area contributed by atoms with E-state index in [0.717, 1.165) is 12.3 Å². The molecule has 0 radical (unpaired) electrons. The van der Waals surface area contributed by atoms with Crippen LogP contribution in [0.4, 0.5) is 0 Å². The van der Waals surface area contributed by atoms with Crippen LogP contribution in [0.2, 0.25) is 0 Å². The third kappa shape index (κ3) is 3.17. The van der Waals surface area contributed by atoms with E-state index in [4.69, 9.17) is 4.74 Å². The molecule has 0 atom stereocenters. The third-order valence-electron chi connectivity index (χ3n) is 3.99. The first-order valence-electron chi connectivity index (χ1n) is 7.28. The zero-order valence-corrected chi connectivity index (χ0v) is 12.2. The first-order valence-corrected chi connectivity index (χ1v) is 7.28. The number of methoxy groups -OCH3 is 1. The van der Waals surface area contributed by atoms with Gasteiger partial charge in [0.2, 0.25) is 0 Å². The van der Waals surface area contributed by atoms with Gasteiger partial charge < -0.3 is 4.74 Å². The van der Waals surface area contributed by atoms with Crippen molar-refractivity contribution in [2.45, 2.75) is 58.4 Å². The van der Waals surface area contributed by atoms with Gasteiger partial charge in [0.15, 0.2) is 11.5 Å². The Morgan fingerprint density at radius 3 is 2.74 bits per heavy atom. The van der Waals surface area contributed by atoms with Gasteiger partial charge in [0.25, 0.3) is 0 Å². The van der Waals surface area contributed by atoms with Gasteiger partial charge in [-0.25, -0.2) is 0 Å². The Morgan fingerprint density at radius 1 is 1.47 bits per heavy atom. The number of carbonyl (C=O) groups is 1. The Balaban J connectivity index is 2.06. The van der Waals surface area contributed by atoms with Crippen LogP contribution >= 0.6 is 0 Å². The number of ketones is 1. The molecule has 4 heteroatoms. The summed E-state index contributed by atoms with van der Waals surface area (Å²) < 4.78 is 7.04. The van der Waals surface area contributed by atoms with Crippen molar-refractivity contribution in [3.63, 3.8) is 0 Å². The van der Waals surface area contributed by atoms with Crippen LogP contribution in [-0.2, 0) is 0 Å². The molecular weight excluding hydrogens is 240 g/mol. The summed E-state index contributed by atoms with van der Waals surface area (Å²) in [5, 5.41) is 4.26. The fraction of sp³-hybridized carbons (Fsp3) is 0.733. The molecule has 0 saturated heterocycles. The van der Waals surface area contributed by atoms with Crippen molar-refractivity contribution in [3.8, 4) is 5.75 Å². The van der Waals surface area contributed by atoms with E-state index in [1.165, 1.54) is 25.7 Å². The molecule has 1 fully saturated rings. The van der Waals surface area contributed by atoms with Crippen LogP contribution in [-0.4, -0.2) is 22.7 Å². The minimum Gasteiger partial charge on any atom is -0.493 e. The van der Waals surface area contributed by atoms with Crippen LogP contribution in [0.1, 0.15) is 68.9 Å². The molecule has 0 bridgehead atoms. The highest BCUT2D eigenvalue weighted by Crippen LogP contribution is 2.30. The molecule has 1 saturated carbocycles. The van der Waals surface area contributed by atoms with Gasteiger partial charge >= 0.3 is 0 Å². The quantitative estimate of drug-likeness (QED) is 0.737. The van der Waals surface area contributed by atoms with E-state index in [2.05, 4.69) is 5.10 Å². The van der Waals surface area contributed by atoms with Crippen LogP contribution in [0.5, 0.6) is 5.75 Å². The van der Waals surface area contributed by atoms with Crippen LogP contribution in [0, 0.1) is 5.92 Å². The van der Waals surface area contributed by atoms with Crippen molar-refractivity contribution >= 4 is 5.78 Å². The molecule has 1 aliphatic rings. The summed E-state index contributed by atoms with van der Waals surface area (Å²) >= 11 is 0. The molecule has 0 unspecified atom stereocenters. The molecule has 19 heavy (non-hydrogen) atoms. The second-order valence-electron chi connectivity index (χ2n) is 5.71. The predicted molar refractivity (Wildman–Crippen MR) is 74.7 cm³/mol. The molecule has 0 amide bonds. The largest absolute Gasteiger partial charge is 0.493 e. The Labute approximate surface area is 115 Å². The van der Waals surface area contributed by atoms with Crippen molar-refractivity contribution in [1.82, 2.24) is 9.78 Å². The molecule has 106 valence electrons. The Morgan fingerprint density at radius 2 is 2.16 bits per heavy atom. The maximum absolute atomic E-state index is 12.4. The maximum Gasteiger partial charge on any atom is 0.184 e. The molecule has 2 rings (SSSR count). The third-order valence-corrected chi connectivity index (χ3v) is 3.99. The summed E-state index contributed by atoms with van der Waals surface area (Å²) in [5.41, 5.74) is 0.635. The topological polar surface area (TPSA) is 44.1 Å². The zero-order chi connectivity index (χ0) is 13.8. The molecule has 1 aromatic heterocycles. The molecule has 0 N–H and O–H groups in total. The van der Waals surface area contributed by atoms with Gasteiger partial charge in [-0.15, -0.1) is 0 Å². The highest BCUT2D eigenvalue weighted by molar-refractivity contribution is 5.97. The fourth-order valence-corrected chi connectivity index (χ4v) is 2.91. The smallest absolute Gasteiger partial charge is 0.184 e. The van der Waals surface area contributed by atoms with E-state index in [9.17, 15) is 4.79 Å².